The van der Waals surface area contributed by atoms with Gasteiger partial charge in [0.05, 0.1) is 8.66 Å². The highest BCUT2D eigenvalue weighted by Crippen LogP contribution is 2.32. The lowest BCUT2D eigenvalue weighted by Gasteiger charge is -2.11. The van der Waals surface area contributed by atoms with E-state index < -0.39 is 0 Å². The number of amides is 1. The molecule has 1 atom stereocenters. The molecule has 0 fully saturated rings. The fraction of sp³-hybridized carbons (Fsp3) is 0.500. The fourth-order valence-corrected chi connectivity index (χ4v) is 3.47. The van der Waals surface area contributed by atoms with Gasteiger partial charge in [-0.1, -0.05) is 15.9 Å². The maximum Gasteiger partial charge on any atom is 0.261 e. The van der Waals surface area contributed by atoms with Crippen LogP contribution in [0.1, 0.15) is 29.4 Å². The van der Waals surface area contributed by atoms with Crippen LogP contribution in [0.25, 0.3) is 0 Å². The SMILES string of the molecule is CC(CCCBr)NC(=O)c1cc(Br)c(Br)s1. The van der Waals surface area contributed by atoms with E-state index in [1.165, 1.54) is 11.3 Å². The molecule has 0 aromatic carbocycles. The number of rotatable bonds is 5. The summed E-state index contributed by atoms with van der Waals surface area (Å²) in [5.74, 6) is -0.00141. The standard InChI is InChI=1S/C10H12Br3NOS/c1-6(3-2-4-11)14-10(15)8-5-7(12)9(13)16-8/h5-6H,2-4H2,1H3,(H,14,15). The molecule has 1 unspecified atom stereocenters. The van der Waals surface area contributed by atoms with Gasteiger partial charge in [0.2, 0.25) is 0 Å². The van der Waals surface area contributed by atoms with Crippen LogP contribution in [0.5, 0.6) is 0 Å². The summed E-state index contributed by atoms with van der Waals surface area (Å²) >= 11 is 11.6. The van der Waals surface area contributed by atoms with Crippen molar-refractivity contribution in [2.24, 2.45) is 0 Å². The van der Waals surface area contributed by atoms with Gasteiger partial charge >= 0.3 is 0 Å². The van der Waals surface area contributed by atoms with E-state index >= 15 is 0 Å². The van der Waals surface area contributed by atoms with Crippen LogP contribution in [-0.4, -0.2) is 17.3 Å². The zero-order valence-corrected chi connectivity index (χ0v) is 14.3. The lowest BCUT2D eigenvalue weighted by Crippen LogP contribution is -2.31. The minimum Gasteiger partial charge on any atom is -0.349 e. The predicted octanol–water partition coefficient (Wildman–Crippen LogP) is 4.57. The lowest BCUT2D eigenvalue weighted by molar-refractivity contribution is 0.0942. The number of carbonyl (C=O) groups is 1. The molecule has 0 saturated carbocycles. The van der Waals surface area contributed by atoms with Crippen molar-refractivity contribution < 1.29 is 4.79 Å². The molecule has 1 aromatic heterocycles. The monoisotopic (exact) mass is 431 g/mol. The third-order valence-corrected chi connectivity index (χ3v) is 5.83. The molecule has 1 amide bonds. The average Bonchev–Trinajstić information content (AvgIpc) is 2.56. The Labute approximate surface area is 125 Å². The van der Waals surface area contributed by atoms with Gasteiger partial charge in [0.1, 0.15) is 0 Å². The van der Waals surface area contributed by atoms with Crippen LogP contribution < -0.4 is 5.32 Å². The summed E-state index contributed by atoms with van der Waals surface area (Å²) in [6.45, 7) is 2.03. The largest absolute Gasteiger partial charge is 0.349 e. The van der Waals surface area contributed by atoms with Crippen molar-refractivity contribution in [3.63, 3.8) is 0 Å². The Morgan fingerprint density at radius 2 is 2.25 bits per heavy atom. The van der Waals surface area contributed by atoms with E-state index in [2.05, 4.69) is 53.1 Å². The van der Waals surface area contributed by atoms with E-state index in [1.54, 1.807) is 0 Å². The molecule has 0 bridgehead atoms. The fourth-order valence-electron chi connectivity index (χ4n) is 1.21. The molecule has 0 saturated heterocycles. The molecule has 0 aliphatic carbocycles. The quantitative estimate of drug-likeness (QED) is 0.677. The van der Waals surface area contributed by atoms with E-state index in [0.29, 0.717) is 0 Å². The number of thiophene rings is 1. The van der Waals surface area contributed by atoms with Crippen LogP contribution in [0, 0.1) is 0 Å². The first kappa shape index (κ1) is 14.7. The lowest BCUT2D eigenvalue weighted by atomic mass is 10.2. The highest BCUT2D eigenvalue weighted by atomic mass is 79.9. The molecule has 0 radical (unpaired) electrons. The van der Waals surface area contributed by atoms with Crippen molar-refractivity contribution in [2.75, 3.05) is 5.33 Å². The van der Waals surface area contributed by atoms with Crippen LogP contribution in [0.3, 0.4) is 0 Å². The number of hydrogen-bond acceptors (Lipinski definition) is 2. The van der Waals surface area contributed by atoms with E-state index in [1.807, 2.05) is 13.0 Å². The summed E-state index contributed by atoms with van der Waals surface area (Å²) in [6, 6.07) is 2.05. The summed E-state index contributed by atoms with van der Waals surface area (Å²) in [4.78, 5) is 12.6. The van der Waals surface area contributed by atoms with Gasteiger partial charge in [-0.15, -0.1) is 11.3 Å². The Hall–Kier alpha value is 0.610. The summed E-state index contributed by atoms with van der Waals surface area (Å²) in [6.07, 6.45) is 2.06. The van der Waals surface area contributed by atoms with E-state index in [-0.39, 0.29) is 11.9 Å². The molecular weight excluding hydrogens is 422 g/mol. The second kappa shape index (κ2) is 7.13. The van der Waals surface area contributed by atoms with Crippen LogP contribution in [0.4, 0.5) is 0 Å². The van der Waals surface area contributed by atoms with Crippen LogP contribution in [0.15, 0.2) is 14.3 Å². The zero-order chi connectivity index (χ0) is 12.1. The smallest absolute Gasteiger partial charge is 0.261 e. The highest BCUT2D eigenvalue weighted by molar-refractivity contribution is 9.13. The van der Waals surface area contributed by atoms with Crippen molar-refractivity contribution in [3.8, 4) is 0 Å². The van der Waals surface area contributed by atoms with Gasteiger partial charge in [0.15, 0.2) is 0 Å². The molecule has 1 aromatic rings. The van der Waals surface area contributed by atoms with Gasteiger partial charge in [0, 0.05) is 15.8 Å². The minimum atomic E-state index is -0.00141. The first-order valence-corrected chi connectivity index (χ1v) is 8.38. The van der Waals surface area contributed by atoms with Crippen molar-refractivity contribution in [1.82, 2.24) is 5.32 Å². The van der Waals surface area contributed by atoms with Crippen molar-refractivity contribution in [3.05, 3.63) is 19.2 Å². The van der Waals surface area contributed by atoms with Crippen LogP contribution >= 0.6 is 59.1 Å². The summed E-state index contributed by atoms with van der Waals surface area (Å²) in [5, 5.41) is 3.96. The molecule has 1 N–H and O–H groups in total. The molecule has 2 nitrogen and oxygen atoms in total. The first-order valence-electron chi connectivity index (χ1n) is 4.86. The maximum atomic E-state index is 11.8. The second-order valence-corrected chi connectivity index (χ2v) is 7.46. The van der Waals surface area contributed by atoms with Crippen LogP contribution in [0.2, 0.25) is 0 Å². The molecule has 0 spiro atoms. The minimum absolute atomic E-state index is 0.00141. The van der Waals surface area contributed by atoms with Crippen molar-refractivity contribution in [2.45, 2.75) is 25.8 Å². The summed E-state index contributed by atoms with van der Waals surface area (Å²) in [7, 11) is 0. The molecule has 0 aliphatic heterocycles. The molecule has 6 heteroatoms. The zero-order valence-electron chi connectivity index (χ0n) is 8.73. The summed E-state index contributed by atoms with van der Waals surface area (Å²) < 4.78 is 1.88. The van der Waals surface area contributed by atoms with E-state index in [4.69, 9.17) is 0 Å². The average molecular weight is 434 g/mol. The Morgan fingerprint density at radius 1 is 1.56 bits per heavy atom. The van der Waals surface area contributed by atoms with Crippen LogP contribution in [-0.2, 0) is 0 Å². The van der Waals surface area contributed by atoms with Gasteiger partial charge in [-0.25, -0.2) is 0 Å². The van der Waals surface area contributed by atoms with E-state index in [0.717, 1.165) is 31.3 Å². The Bertz CT molecular complexity index is 347. The summed E-state index contributed by atoms with van der Waals surface area (Å²) in [5.41, 5.74) is 0. The number of nitrogens with one attached hydrogen (secondary N) is 1. The Morgan fingerprint density at radius 3 is 2.75 bits per heavy atom. The second-order valence-electron chi connectivity index (χ2n) is 3.44. The molecule has 1 heterocycles. The number of hydrogen-bond donors (Lipinski definition) is 1. The van der Waals surface area contributed by atoms with Gasteiger partial charge in [0.25, 0.3) is 5.91 Å². The Balaban J connectivity index is 2.52. The third kappa shape index (κ3) is 4.47. The molecule has 16 heavy (non-hydrogen) atoms. The molecule has 90 valence electrons. The number of alkyl halides is 1. The maximum absolute atomic E-state index is 11.8. The predicted molar refractivity (Wildman–Crippen MR) is 79.7 cm³/mol. The van der Waals surface area contributed by atoms with Gasteiger partial charge in [-0.2, -0.15) is 0 Å². The topological polar surface area (TPSA) is 29.1 Å². The normalized spacial score (nSPS) is 12.5. The first-order chi connectivity index (χ1) is 7.54. The van der Waals surface area contributed by atoms with Gasteiger partial charge < -0.3 is 5.32 Å². The Kier molecular flexibility index (Phi) is 6.54. The molecular formula is C10H12Br3NOS. The van der Waals surface area contributed by atoms with Gasteiger partial charge in [-0.3, -0.25) is 4.79 Å². The van der Waals surface area contributed by atoms with Gasteiger partial charge in [-0.05, 0) is 57.7 Å². The number of carbonyl (C=O) groups excluding carboxylic acids is 1. The van der Waals surface area contributed by atoms with E-state index in [9.17, 15) is 4.79 Å². The molecule has 1 rings (SSSR count). The highest BCUT2D eigenvalue weighted by Gasteiger charge is 2.13. The third-order valence-electron chi connectivity index (χ3n) is 2.02. The molecule has 0 aliphatic rings. The number of halogens is 3. The van der Waals surface area contributed by atoms with Crippen molar-refractivity contribution >= 4 is 65.0 Å². The van der Waals surface area contributed by atoms with Crippen molar-refractivity contribution in [1.29, 1.82) is 0 Å².